The number of hydrogen-bond acceptors (Lipinski definition) is 5. The molecule has 5 nitrogen and oxygen atoms in total. The van der Waals surface area contributed by atoms with Crippen molar-refractivity contribution in [3.05, 3.63) is 39.6 Å². The zero-order valence-corrected chi connectivity index (χ0v) is 14.9. The quantitative estimate of drug-likeness (QED) is 0.859. The second kappa shape index (κ2) is 7.66. The van der Waals surface area contributed by atoms with Gasteiger partial charge in [-0.3, -0.25) is 4.99 Å². The molecule has 1 aliphatic rings. The molecule has 0 spiro atoms. The van der Waals surface area contributed by atoms with Gasteiger partial charge in [-0.2, -0.15) is 5.10 Å². The molecule has 128 valence electrons. The first-order valence-electron chi connectivity index (χ1n) is 8.29. The minimum Gasteiger partial charge on any atom is -0.504 e. The number of rotatable bonds is 4. The molecule has 1 aromatic heterocycles. The van der Waals surface area contributed by atoms with E-state index in [1.165, 1.54) is 39.2 Å². The van der Waals surface area contributed by atoms with Crippen LogP contribution in [0.25, 0.3) is 0 Å². The topological polar surface area (TPSA) is 59.1 Å². The van der Waals surface area contributed by atoms with Crippen LogP contribution in [0.1, 0.15) is 43.4 Å². The van der Waals surface area contributed by atoms with Gasteiger partial charge in [0.1, 0.15) is 0 Å². The number of aromatic hydroxyl groups is 1. The van der Waals surface area contributed by atoms with Crippen LogP contribution in [0.15, 0.2) is 33.7 Å². The number of thiazole rings is 1. The highest BCUT2D eigenvalue weighted by molar-refractivity contribution is 7.07. The SMILES string of the molecule is COc1ccc(C=Nn2c(C)csc2=NC2CCCCC2)cc1O. The highest BCUT2D eigenvalue weighted by Gasteiger charge is 2.12. The van der Waals surface area contributed by atoms with Crippen LogP contribution in [0, 0.1) is 6.92 Å². The molecular weight excluding hydrogens is 322 g/mol. The van der Waals surface area contributed by atoms with Crippen molar-refractivity contribution in [1.29, 1.82) is 0 Å². The van der Waals surface area contributed by atoms with Gasteiger partial charge < -0.3 is 9.84 Å². The average Bonchev–Trinajstić information content (AvgIpc) is 2.94. The number of methoxy groups -OCH3 is 1. The lowest BCUT2D eigenvalue weighted by Gasteiger charge is -2.16. The van der Waals surface area contributed by atoms with Gasteiger partial charge in [-0.1, -0.05) is 19.3 Å². The Morgan fingerprint density at radius 3 is 2.79 bits per heavy atom. The maximum atomic E-state index is 9.86. The Hall–Kier alpha value is -2.08. The smallest absolute Gasteiger partial charge is 0.206 e. The Balaban J connectivity index is 1.85. The van der Waals surface area contributed by atoms with Crippen molar-refractivity contribution >= 4 is 17.6 Å². The van der Waals surface area contributed by atoms with Gasteiger partial charge in [0, 0.05) is 5.38 Å². The summed E-state index contributed by atoms with van der Waals surface area (Å²) in [7, 11) is 1.53. The van der Waals surface area contributed by atoms with Crippen LogP contribution in [0.5, 0.6) is 11.5 Å². The van der Waals surface area contributed by atoms with E-state index in [9.17, 15) is 5.11 Å². The van der Waals surface area contributed by atoms with Crippen LogP contribution in [-0.2, 0) is 0 Å². The van der Waals surface area contributed by atoms with Crippen molar-refractivity contribution in [3.63, 3.8) is 0 Å². The summed E-state index contributed by atoms with van der Waals surface area (Å²) in [6.45, 7) is 2.03. The van der Waals surface area contributed by atoms with Crippen LogP contribution in [0.3, 0.4) is 0 Å². The Morgan fingerprint density at radius 1 is 1.29 bits per heavy atom. The number of hydrogen-bond donors (Lipinski definition) is 1. The molecule has 1 N–H and O–H groups in total. The first-order valence-corrected chi connectivity index (χ1v) is 9.17. The first-order chi connectivity index (χ1) is 11.7. The lowest BCUT2D eigenvalue weighted by molar-refractivity contribution is 0.373. The molecule has 24 heavy (non-hydrogen) atoms. The van der Waals surface area contributed by atoms with Crippen molar-refractivity contribution in [2.45, 2.75) is 45.1 Å². The molecule has 1 aliphatic carbocycles. The molecule has 1 aromatic carbocycles. The van der Waals surface area contributed by atoms with Crippen LogP contribution >= 0.6 is 11.3 Å². The molecule has 3 rings (SSSR count). The number of phenolic OH excluding ortho intramolecular Hbond substituents is 1. The number of nitrogens with zero attached hydrogens (tertiary/aromatic N) is 3. The first kappa shape index (κ1) is 16.8. The summed E-state index contributed by atoms with van der Waals surface area (Å²) in [5, 5.41) is 16.5. The Labute approximate surface area is 146 Å². The van der Waals surface area contributed by atoms with Crippen LogP contribution < -0.4 is 9.54 Å². The summed E-state index contributed by atoms with van der Waals surface area (Å²) in [5.41, 5.74) is 1.87. The zero-order valence-electron chi connectivity index (χ0n) is 14.1. The Bertz CT molecular complexity index is 786. The van der Waals surface area contributed by atoms with E-state index >= 15 is 0 Å². The van der Waals surface area contributed by atoms with Gasteiger partial charge in [0.05, 0.1) is 25.1 Å². The fourth-order valence-corrected chi connectivity index (χ4v) is 3.77. The monoisotopic (exact) mass is 345 g/mol. The molecule has 6 heteroatoms. The predicted molar refractivity (Wildman–Crippen MR) is 97.1 cm³/mol. The molecule has 0 saturated heterocycles. The van der Waals surface area contributed by atoms with Crippen molar-refractivity contribution in [1.82, 2.24) is 4.68 Å². The summed E-state index contributed by atoms with van der Waals surface area (Å²) in [5.74, 6) is 0.570. The van der Waals surface area contributed by atoms with Crippen molar-refractivity contribution in [2.75, 3.05) is 7.11 Å². The molecule has 0 amide bonds. The molecule has 1 heterocycles. The molecule has 0 bridgehead atoms. The summed E-state index contributed by atoms with van der Waals surface area (Å²) < 4.78 is 6.94. The van der Waals surface area contributed by atoms with Crippen LogP contribution in [0.2, 0.25) is 0 Å². The van der Waals surface area contributed by atoms with Crippen molar-refractivity contribution in [2.24, 2.45) is 10.1 Å². The molecular formula is C18H23N3O2S. The third kappa shape index (κ3) is 3.87. The molecule has 1 fully saturated rings. The number of phenols is 1. The number of aromatic nitrogens is 1. The summed E-state index contributed by atoms with van der Waals surface area (Å²) in [4.78, 5) is 5.83. The van der Waals surface area contributed by atoms with Crippen molar-refractivity contribution in [3.8, 4) is 11.5 Å². The lowest BCUT2D eigenvalue weighted by atomic mass is 9.96. The maximum Gasteiger partial charge on any atom is 0.206 e. The fraction of sp³-hybridized carbons (Fsp3) is 0.444. The minimum atomic E-state index is 0.112. The number of ether oxygens (including phenoxy) is 1. The number of benzene rings is 1. The second-order valence-corrected chi connectivity index (χ2v) is 6.90. The predicted octanol–water partition coefficient (Wildman–Crippen LogP) is 3.69. The highest BCUT2D eigenvalue weighted by Crippen LogP contribution is 2.25. The van der Waals surface area contributed by atoms with E-state index in [0.29, 0.717) is 11.8 Å². The molecule has 2 aromatic rings. The van der Waals surface area contributed by atoms with Gasteiger partial charge in [0.15, 0.2) is 11.5 Å². The number of aryl methyl sites for hydroxylation is 1. The standard InChI is InChI=1S/C18H23N3O2S/c1-13-12-24-18(20-15-6-4-3-5-7-15)21(13)19-11-14-8-9-17(23-2)16(22)10-14/h8-12,15,22H,3-7H2,1-2H3. The van der Waals surface area contributed by atoms with Crippen LogP contribution in [-0.4, -0.2) is 29.1 Å². The van der Waals surface area contributed by atoms with Gasteiger partial charge in [-0.15, -0.1) is 11.3 Å². The van der Waals surface area contributed by atoms with E-state index in [4.69, 9.17) is 9.73 Å². The summed E-state index contributed by atoms with van der Waals surface area (Å²) in [6, 6.07) is 5.66. The van der Waals surface area contributed by atoms with E-state index in [0.717, 1.165) is 16.1 Å². The normalized spacial score (nSPS) is 16.8. The fourth-order valence-electron chi connectivity index (χ4n) is 2.89. The highest BCUT2D eigenvalue weighted by atomic mass is 32.1. The Kier molecular flexibility index (Phi) is 5.35. The van der Waals surface area contributed by atoms with Crippen molar-refractivity contribution < 1.29 is 9.84 Å². The van der Waals surface area contributed by atoms with E-state index in [2.05, 4.69) is 10.5 Å². The van der Waals surface area contributed by atoms with E-state index in [1.807, 2.05) is 17.7 Å². The second-order valence-electron chi connectivity index (χ2n) is 6.07. The Morgan fingerprint density at radius 2 is 2.08 bits per heavy atom. The third-order valence-corrected chi connectivity index (χ3v) is 5.19. The van der Waals surface area contributed by atoms with E-state index in [-0.39, 0.29) is 5.75 Å². The van der Waals surface area contributed by atoms with Gasteiger partial charge in [0.2, 0.25) is 4.80 Å². The van der Waals surface area contributed by atoms with Gasteiger partial charge in [-0.05, 0) is 43.5 Å². The van der Waals surface area contributed by atoms with E-state index in [1.54, 1.807) is 29.7 Å². The summed E-state index contributed by atoms with van der Waals surface area (Å²) >= 11 is 1.63. The third-order valence-electron chi connectivity index (χ3n) is 4.24. The molecule has 1 saturated carbocycles. The largest absolute Gasteiger partial charge is 0.504 e. The molecule has 0 aliphatic heterocycles. The summed E-state index contributed by atoms with van der Waals surface area (Å²) in [6.07, 6.45) is 7.95. The maximum absolute atomic E-state index is 9.86. The zero-order chi connectivity index (χ0) is 16.9. The molecule has 0 unspecified atom stereocenters. The minimum absolute atomic E-state index is 0.112. The van der Waals surface area contributed by atoms with Gasteiger partial charge in [0.25, 0.3) is 0 Å². The molecule has 0 atom stereocenters. The van der Waals surface area contributed by atoms with Gasteiger partial charge in [-0.25, -0.2) is 4.68 Å². The average molecular weight is 345 g/mol. The molecule has 0 radical (unpaired) electrons. The lowest BCUT2D eigenvalue weighted by Crippen LogP contribution is -2.19. The van der Waals surface area contributed by atoms with Crippen LogP contribution in [0.4, 0.5) is 0 Å². The van der Waals surface area contributed by atoms with E-state index < -0.39 is 0 Å². The van der Waals surface area contributed by atoms with Gasteiger partial charge >= 0.3 is 0 Å².